The molecular formula is C18H27N3O3S. The van der Waals surface area contributed by atoms with Crippen LogP contribution in [0.2, 0.25) is 0 Å². The summed E-state index contributed by atoms with van der Waals surface area (Å²) in [5.41, 5.74) is -0.671. The zero-order valence-corrected chi connectivity index (χ0v) is 15.8. The average molecular weight is 365 g/mol. The van der Waals surface area contributed by atoms with Crippen LogP contribution in [0.25, 0.3) is 0 Å². The summed E-state index contributed by atoms with van der Waals surface area (Å²) < 4.78 is 5.65. The molecular weight excluding hydrogens is 338 g/mol. The number of nitrogens with zero attached hydrogens (tertiary/aromatic N) is 1. The summed E-state index contributed by atoms with van der Waals surface area (Å²) in [6.45, 7) is 4.97. The number of hydrogen-bond acceptors (Lipinski definition) is 5. The van der Waals surface area contributed by atoms with Crippen LogP contribution < -0.4 is 10.6 Å². The number of methoxy groups -OCH3 is 1. The van der Waals surface area contributed by atoms with Gasteiger partial charge in [-0.05, 0) is 57.8 Å². The van der Waals surface area contributed by atoms with Gasteiger partial charge in [0, 0.05) is 31.1 Å². The Morgan fingerprint density at radius 1 is 1.28 bits per heavy atom. The molecule has 0 spiro atoms. The molecule has 0 unspecified atom stereocenters. The summed E-state index contributed by atoms with van der Waals surface area (Å²) in [6.07, 6.45) is 3.02. The van der Waals surface area contributed by atoms with Gasteiger partial charge in [0.1, 0.15) is 5.60 Å². The predicted octanol–water partition coefficient (Wildman–Crippen LogP) is 1.55. The van der Waals surface area contributed by atoms with Crippen LogP contribution in [-0.2, 0) is 9.53 Å². The third kappa shape index (κ3) is 4.04. The molecule has 0 aliphatic carbocycles. The lowest BCUT2D eigenvalue weighted by Gasteiger charge is -2.41. The number of rotatable bonds is 4. The van der Waals surface area contributed by atoms with Crippen LogP contribution in [0.15, 0.2) is 12.1 Å². The highest BCUT2D eigenvalue weighted by Crippen LogP contribution is 2.27. The minimum absolute atomic E-state index is 0.00501. The van der Waals surface area contributed by atoms with Crippen molar-refractivity contribution in [1.82, 2.24) is 15.5 Å². The summed E-state index contributed by atoms with van der Waals surface area (Å²) in [7, 11) is 1.64. The Hall–Kier alpha value is -1.44. The second-order valence-corrected chi connectivity index (χ2v) is 8.19. The largest absolute Gasteiger partial charge is 0.368 e. The summed E-state index contributed by atoms with van der Waals surface area (Å²) >= 11 is 1.51. The fourth-order valence-corrected chi connectivity index (χ4v) is 4.43. The topological polar surface area (TPSA) is 70.7 Å². The van der Waals surface area contributed by atoms with Crippen LogP contribution in [0.4, 0.5) is 0 Å². The molecule has 1 aromatic heterocycles. The number of hydrogen-bond donors (Lipinski definition) is 2. The van der Waals surface area contributed by atoms with Gasteiger partial charge in [-0.3, -0.25) is 9.59 Å². The SMILES string of the molecule is COC1(C(=O)N2CCC(NC(=O)c3ccc(C)s3)CC2)CCNCC1. The smallest absolute Gasteiger partial charge is 0.261 e. The molecule has 0 bridgehead atoms. The Kier molecular flexibility index (Phi) is 5.76. The van der Waals surface area contributed by atoms with E-state index in [4.69, 9.17) is 4.74 Å². The number of amides is 2. The molecule has 6 nitrogen and oxygen atoms in total. The van der Waals surface area contributed by atoms with E-state index in [9.17, 15) is 9.59 Å². The van der Waals surface area contributed by atoms with Crippen molar-refractivity contribution >= 4 is 23.2 Å². The number of aryl methyl sites for hydroxylation is 1. The van der Waals surface area contributed by atoms with E-state index < -0.39 is 5.60 Å². The number of nitrogens with one attached hydrogen (secondary N) is 2. The van der Waals surface area contributed by atoms with E-state index >= 15 is 0 Å². The van der Waals surface area contributed by atoms with Gasteiger partial charge < -0.3 is 20.3 Å². The first-order chi connectivity index (χ1) is 12.0. The maximum Gasteiger partial charge on any atom is 0.261 e. The normalized spacial score (nSPS) is 21.1. The van der Waals surface area contributed by atoms with Gasteiger partial charge in [0.15, 0.2) is 0 Å². The lowest BCUT2D eigenvalue weighted by atomic mass is 9.89. The molecule has 2 aliphatic rings. The van der Waals surface area contributed by atoms with Crippen molar-refractivity contribution in [2.75, 3.05) is 33.3 Å². The van der Waals surface area contributed by atoms with Crippen LogP contribution in [0.5, 0.6) is 0 Å². The van der Waals surface area contributed by atoms with Crippen LogP contribution in [0.3, 0.4) is 0 Å². The maximum atomic E-state index is 12.9. The van der Waals surface area contributed by atoms with Crippen molar-refractivity contribution in [3.63, 3.8) is 0 Å². The molecule has 0 radical (unpaired) electrons. The molecule has 2 amide bonds. The van der Waals surface area contributed by atoms with Gasteiger partial charge in [-0.15, -0.1) is 11.3 Å². The van der Waals surface area contributed by atoms with Crippen LogP contribution in [0.1, 0.15) is 40.2 Å². The molecule has 2 fully saturated rings. The van der Waals surface area contributed by atoms with Gasteiger partial charge >= 0.3 is 0 Å². The zero-order valence-electron chi connectivity index (χ0n) is 15.0. The standard InChI is InChI=1S/C18H27N3O3S/c1-13-3-4-15(25-13)16(22)20-14-5-11-21(12-6-14)17(23)18(24-2)7-9-19-10-8-18/h3-4,14,19H,5-12H2,1-2H3,(H,20,22). The predicted molar refractivity (Wildman–Crippen MR) is 98.0 cm³/mol. The minimum atomic E-state index is -0.671. The Morgan fingerprint density at radius 2 is 1.96 bits per heavy atom. The van der Waals surface area contributed by atoms with Crippen molar-refractivity contribution in [3.8, 4) is 0 Å². The average Bonchev–Trinajstić information content (AvgIpc) is 3.09. The lowest BCUT2D eigenvalue weighted by molar-refractivity contribution is -0.159. The number of likely N-dealkylation sites (tertiary alicyclic amines) is 1. The monoisotopic (exact) mass is 365 g/mol. The van der Waals surface area contributed by atoms with Gasteiger partial charge in [0.05, 0.1) is 4.88 Å². The number of thiophene rings is 1. The van der Waals surface area contributed by atoms with E-state index in [0.29, 0.717) is 13.1 Å². The van der Waals surface area contributed by atoms with E-state index in [1.54, 1.807) is 7.11 Å². The fourth-order valence-electron chi connectivity index (χ4n) is 3.66. The Balaban J connectivity index is 1.52. The minimum Gasteiger partial charge on any atom is -0.368 e. The van der Waals surface area contributed by atoms with E-state index in [-0.39, 0.29) is 17.9 Å². The summed E-state index contributed by atoms with van der Waals surface area (Å²) in [5, 5.41) is 6.38. The molecule has 0 atom stereocenters. The fraction of sp³-hybridized carbons (Fsp3) is 0.667. The second kappa shape index (κ2) is 7.85. The molecule has 7 heteroatoms. The first-order valence-corrected chi connectivity index (χ1v) is 9.78. The van der Waals surface area contributed by atoms with Gasteiger partial charge in [0.25, 0.3) is 11.8 Å². The van der Waals surface area contributed by atoms with E-state index in [2.05, 4.69) is 10.6 Å². The maximum absolute atomic E-state index is 12.9. The van der Waals surface area contributed by atoms with Crippen LogP contribution in [-0.4, -0.2) is 61.6 Å². The number of piperidine rings is 2. The highest BCUT2D eigenvalue weighted by atomic mass is 32.1. The molecule has 0 saturated carbocycles. The number of ether oxygens (including phenoxy) is 1. The van der Waals surface area contributed by atoms with Crippen molar-refractivity contribution < 1.29 is 14.3 Å². The van der Waals surface area contributed by atoms with E-state index in [1.807, 2.05) is 24.0 Å². The highest BCUT2D eigenvalue weighted by Gasteiger charge is 2.43. The first-order valence-electron chi connectivity index (χ1n) is 8.97. The molecule has 2 aliphatic heterocycles. The summed E-state index contributed by atoms with van der Waals surface area (Å²) in [4.78, 5) is 29.0. The van der Waals surface area contributed by atoms with E-state index in [1.165, 1.54) is 11.3 Å². The quantitative estimate of drug-likeness (QED) is 0.849. The molecule has 1 aromatic rings. The molecule has 0 aromatic carbocycles. The lowest BCUT2D eigenvalue weighted by Crippen LogP contribution is -2.57. The van der Waals surface area contributed by atoms with E-state index in [0.717, 1.165) is 48.5 Å². The van der Waals surface area contributed by atoms with Gasteiger partial charge in [-0.2, -0.15) is 0 Å². The van der Waals surface area contributed by atoms with Crippen molar-refractivity contribution in [2.45, 2.75) is 44.2 Å². The molecule has 3 heterocycles. The third-order valence-corrected chi connectivity index (χ3v) is 6.27. The molecule has 2 saturated heterocycles. The summed E-state index contributed by atoms with van der Waals surface area (Å²) in [5.74, 6) is 0.102. The first kappa shape index (κ1) is 18.4. The molecule has 3 rings (SSSR count). The Labute approximate surface area is 152 Å². The van der Waals surface area contributed by atoms with Gasteiger partial charge in [-0.25, -0.2) is 0 Å². The Bertz CT molecular complexity index is 617. The Morgan fingerprint density at radius 3 is 2.52 bits per heavy atom. The molecule has 138 valence electrons. The van der Waals surface area contributed by atoms with Crippen LogP contribution >= 0.6 is 11.3 Å². The highest BCUT2D eigenvalue weighted by molar-refractivity contribution is 7.13. The second-order valence-electron chi connectivity index (χ2n) is 6.90. The molecule has 25 heavy (non-hydrogen) atoms. The zero-order chi connectivity index (χ0) is 17.9. The van der Waals surface area contributed by atoms with Crippen molar-refractivity contribution in [2.24, 2.45) is 0 Å². The van der Waals surface area contributed by atoms with Crippen molar-refractivity contribution in [1.29, 1.82) is 0 Å². The third-order valence-electron chi connectivity index (χ3n) is 5.27. The molecule has 2 N–H and O–H groups in total. The van der Waals surface area contributed by atoms with Gasteiger partial charge in [0.2, 0.25) is 0 Å². The number of carbonyl (C=O) groups is 2. The van der Waals surface area contributed by atoms with Crippen molar-refractivity contribution in [3.05, 3.63) is 21.9 Å². The van der Waals surface area contributed by atoms with Crippen LogP contribution in [0, 0.1) is 6.92 Å². The summed E-state index contributed by atoms with van der Waals surface area (Å²) in [6, 6.07) is 3.96. The van der Waals surface area contributed by atoms with Gasteiger partial charge in [-0.1, -0.05) is 0 Å². The number of carbonyl (C=O) groups excluding carboxylic acids is 2.